The van der Waals surface area contributed by atoms with Crippen LogP contribution in [-0.2, 0) is 0 Å². The molecule has 2 heterocycles. The zero-order valence-electron chi connectivity index (χ0n) is 7.70. The Kier molecular flexibility index (Phi) is 1.76. The second-order valence-electron chi connectivity index (χ2n) is 3.30. The molecule has 0 spiro atoms. The number of hydrogen-bond donors (Lipinski definition) is 0. The van der Waals surface area contributed by atoms with Crippen LogP contribution in [0.5, 0.6) is 0 Å². The van der Waals surface area contributed by atoms with Crippen LogP contribution in [0.1, 0.15) is 0 Å². The number of pyridine rings is 1. The van der Waals surface area contributed by atoms with Gasteiger partial charge in [0.1, 0.15) is 13.4 Å². The Morgan fingerprint density at radius 1 is 1.27 bits per heavy atom. The van der Waals surface area contributed by atoms with Gasteiger partial charge in [0, 0.05) is 17.0 Å². The number of nitrogens with zero attached hydrogens (tertiary/aromatic N) is 1. The maximum absolute atomic E-state index is 5.94. The van der Waals surface area contributed by atoms with E-state index in [0.29, 0.717) is 16.2 Å². The van der Waals surface area contributed by atoms with E-state index in [9.17, 15) is 0 Å². The predicted octanol–water partition coefficient (Wildman–Crippen LogP) is 2.43. The molecule has 2 aromatic heterocycles. The molecule has 4 heteroatoms. The van der Waals surface area contributed by atoms with E-state index in [2.05, 4.69) is 4.98 Å². The maximum Gasteiger partial charge on any atom is 0.172 e. The molecule has 0 unspecified atom stereocenters. The van der Waals surface area contributed by atoms with Gasteiger partial charge in [-0.15, -0.1) is 0 Å². The van der Waals surface area contributed by atoms with Crippen LogP contribution < -0.4 is 5.46 Å². The average Bonchev–Trinajstić information content (AvgIpc) is 2.59. The van der Waals surface area contributed by atoms with Crippen LogP contribution in [0.25, 0.3) is 21.9 Å². The van der Waals surface area contributed by atoms with E-state index in [1.165, 1.54) is 0 Å². The van der Waals surface area contributed by atoms with Crippen molar-refractivity contribution in [3.63, 3.8) is 0 Å². The van der Waals surface area contributed by atoms with Crippen LogP contribution in [0.3, 0.4) is 0 Å². The summed E-state index contributed by atoms with van der Waals surface area (Å²) in [7, 11) is 5.89. The average molecular weight is 213 g/mol. The van der Waals surface area contributed by atoms with Gasteiger partial charge < -0.3 is 4.42 Å². The molecule has 0 N–H and O–H groups in total. The van der Waals surface area contributed by atoms with Gasteiger partial charge in [0.15, 0.2) is 10.7 Å². The Morgan fingerprint density at radius 3 is 3.00 bits per heavy atom. The Bertz CT molecular complexity index is 662. The van der Waals surface area contributed by atoms with E-state index < -0.39 is 0 Å². The zero-order valence-corrected chi connectivity index (χ0v) is 8.45. The monoisotopic (exact) mass is 213 g/mol. The first-order chi connectivity index (χ1) is 7.27. The molecule has 0 aliphatic heterocycles. The normalized spacial score (nSPS) is 11.3. The number of rotatable bonds is 0. The fraction of sp³-hybridized carbons (Fsp3) is 0. The van der Waals surface area contributed by atoms with Gasteiger partial charge in [-0.2, -0.15) is 0 Å². The van der Waals surface area contributed by atoms with Crippen LogP contribution in [0.15, 0.2) is 34.9 Å². The molecule has 0 atom stereocenters. The van der Waals surface area contributed by atoms with Gasteiger partial charge in [-0.25, -0.2) is 4.98 Å². The van der Waals surface area contributed by atoms with E-state index in [4.69, 9.17) is 23.9 Å². The van der Waals surface area contributed by atoms with E-state index >= 15 is 0 Å². The molecule has 70 valence electrons. The predicted molar refractivity (Wildman–Crippen MR) is 61.9 cm³/mol. The largest absolute Gasteiger partial charge is 0.453 e. The number of furan rings is 1. The molecule has 0 fully saturated rings. The van der Waals surface area contributed by atoms with Crippen LogP contribution in [0.4, 0.5) is 0 Å². The van der Waals surface area contributed by atoms with Crippen LogP contribution in [0.2, 0.25) is 5.15 Å². The summed E-state index contributed by atoms with van der Waals surface area (Å²) in [5.41, 5.74) is 2.01. The minimum Gasteiger partial charge on any atom is -0.453 e. The van der Waals surface area contributed by atoms with Gasteiger partial charge in [0.2, 0.25) is 0 Å². The molecule has 15 heavy (non-hydrogen) atoms. The first-order valence-electron chi connectivity index (χ1n) is 4.48. The number of aromatic nitrogens is 1. The third-order valence-corrected chi connectivity index (χ3v) is 2.67. The summed E-state index contributed by atoms with van der Waals surface area (Å²) in [5, 5.41) is 2.17. The van der Waals surface area contributed by atoms with E-state index in [1.54, 1.807) is 6.20 Å². The van der Waals surface area contributed by atoms with Gasteiger partial charge in [0.25, 0.3) is 0 Å². The molecule has 2 radical (unpaired) electrons. The summed E-state index contributed by atoms with van der Waals surface area (Å²) < 4.78 is 5.59. The summed E-state index contributed by atoms with van der Waals surface area (Å²) in [6, 6.07) is 7.40. The molecular weight excluding hydrogens is 208 g/mol. The molecule has 2 nitrogen and oxygen atoms in total. The molecule has 0 bridgehead atoms. The second-order valence-corrected chi connectivity index (χ2v) is 3.66. The minimum absolute atomic E-state index is 0.364. The van der Waals surface area contributed by atoms with Crippen molar-refractivity contribution in [2.24, 2.45) is 0 Å². The second kappa shape index (κ2) is 3.01. The molecule has 0 aliphatic carbocycles. The number of fused-ring (bicyclic) bond motifs is 3. The quantitative estimate of drug-likeness (QED) is 0.423. The van der Waals surface area contributed by atoms with E-state index in [1.807, 2.05) is 24.3 Å². The molecule has 0 saturated heterocycles. The Morgan fingerprint density at radius 2 is 2.13 bits per heavy atom. The highest BCUT2D eigenvalue weighted by Crippen LogP contribution is 2.30. The summed E-state index contributed by atoms with van der Waals surface area (Å²) in [5.74, 6) is 0. The maximum atomic E-state index is 5.94. The Hall–Kier alpha value is -1.48. The lowest BCUT2D eigenvalue weighted by Gasteiger charge is -1.94. The van der Waals surface area contributed by atoms with E-state index in [-0.39, 0.29) is 0 Å². The smallest absolute Gasteiger partial charge is 0.172 e. The zero-order chi connectivity index (χ0) is 10.4. The van der Waals surface area contributed by atoms with Gasteiger partial charge in [-0.05, 0) is 12.1 Å². The fourth-order valence-corrected chi connectivity index (χ4v) is 1.94. The van der Waals surface area contributed by atoms with Gasteiger partial charge in [-0.1, -0.05) is 29.2 Å². The Balaban J connectivity index is 2.65. The van der Waals surface area contributed by atoms with Crippen molar-refractivity contribution >= 4 is 46.8 Å². The molecule has 3 aromatic rings. The van der Waals surface area contributed by atoms with Crippen molar-refractivity contribution in [2.75, 3.05) is 0 Å². The SMILES string of the molecule is [B]c1cccc2oc3c(Cl)nccc3c12. The third kappa shape index (κ3) is 1.16. The lowest BCUT2D eigenvalue weighted by molar-refractivity contribution is 0.667. The number of benzene rings is 1. The summed E-state index contributed by atoms with van der Waals surface area (Å²) in [4.78, 5) is 3.96. The van der Waals surface area contributed by atoms with Crippen molar-refractivity contribution in [1.82, 2.24) is 4.98 Å². The molecule has 0 saturated carbocycles. The lowest BCUT2D eigenvalue weighted by Crippen LogP contribution is -2.01. The fourth-order valence-electron chi connectivity index (χ4n) is 1.75. The lowest BCUT2D eigenvalue weighted by atomic mass is 9.91. The van der Waals surface area contributed by atoms with Crippen molar-refractivity contribution < 1.29 is 4.42 Å². The summed E-state index contributed by atoms with van der Waals surface area (Å²) in [6.45, 7) is 0. The van der Waals surface area contributed by atoms with Gasteiger partial charge in [0.05, 0.1) is 0 Å². The van der Waals surface area contributed by atoms with Gasteiger partial charge in [-0.3, -0.25) is 0 Å². The van der Waals surface area contributed by atoms with E-state index in [0.717, 1.165) is 16.4 Å². The molecule has 1 aromatic carbocycles. The first kappa shape index (κ1) is 8.80. The summed E-state index contributed by atoms with van der Waals surface area (Å²) in [6.07, 6.45) is 1.64. The highest BCUT2D eigenvalue weighted by molar-refractivity contribution is 6.42. The highest BCUT2D eigenvalue weighted by atomic mass is 35.5. The third-order valence-electron chi connectivity index (χ3n) is 2.40. The number of halogens is 1. The topological polar surface area (TPSA) is 26.0 Å². The van der Waals surface area contributed by atoms with Crippen LogP contribution in [0, 0.1) is 0 Å². The van der Waals surface area contributed by atoms with Crippen molar-refractivity contribution in [2.45, 2.75) is 0 Å². The molecule has 3 rings (SSSR count). The minimum atomic E-state index is 0.364. The standard InChI is InChI=1S/C11H5BClNO/c12-7-2-1-3-8-9(7)6-4-5-14-11(13)10(6)15-8/h1-5H. The van der Waals surface area contributed by atoms with Crippen molar-refractivity contribution in [1.29, 1.82) is 0 Å². The Labute approximate surface area is 92.3 Å². The molecule has 0 aliphatic rings. The van der Waals surface area contributed by atoms with Crippen LogP contribution >= 0.6 is 11.6 Å². The highest BCUT2D eigenvalue weighted by Gasteiger charge is 2.10. The first-order valence-corrected chi connectivity index (χ1v) is 4.86. The van der Waals surface area contributed by atoms with Crippen molar-refractivity contribution in [3.05, 3.63) is 35.6 Å². The van der Waals surface area contributed by atoms with Gasteiger partial charge >= 0.3 is 0 Å². The number of hydrogen-bond acceptors (Lipinski definition) is 2. The molecular formula is C11H5BClNO. The van der Waals surface area contributed by atoms with Crippen LogP contribution in [-0.4, -0.2) is 12.8 Å². The molecule has 0 amide bonds. The summed E-state index contributed by atoms with van der Waals surface area (Å²) >= 11 is 5.94. The van der Waals surface area contributed by atoms with Crippen molar-refractivity contribution in [3.8, 4) is 0 Å².